The fourth-order valence-electron chi connectivity index (χ4n) is 3.44. The Morgan fingerprint density at radius 1 is 0.750 bits per heavy atom. The van der Waals surface area contributed by atoms with Gasteiger partial charge in [-0.1, -0.05) is 13.2 Å². The summed E-state index contributed by atoms with van der Waals surface area (Å²) in [6.07, 6.45) is 7.14. The molecule has 0 radical (unpaired) electrons. The van der Waals surface area contributed by atoms with Crippen LogP contribution in [0, 0.1) is 11.8 Å². The van der Waals surface area contributed by atoms with Crippen LogP contribution in [-0.2, 0) is 9.59 Å². The molecule has 2 rings (SSSR count). The van der Waals surface area contributed by atoms with Crippen molar-refractivity contribution >= 4 is 11.8 Å². The maximum Gasteiger partial charge on any atom is 0.245 e. The highest BCUT2D eigenvalue weighted by molar-refractivity contribution is 5.87. The Balaban J connectivity index is 1.78. The van der Waals surface area contributed by atoms with E-state index in [0.29, 0.717) is 11.8 Å². The first-order chi connectivity index (χ1) is 9.65. The fourth-order valence-corrected chi connectivity index (χ4v) is 3.44. The number of nitrogens with zero attached hydrogens (tertiary/aromatic N) is 2. The smallest absolute Gasteiger partial charge is 0.245 e. The molecule has 2 heterocycles. The third kappa shape index (κ3) is 3.30. The minimum absolute atomic E-state index is 0.0508. The standard InChI is InChI=1S/C16H24N2O2/c1-3-15(19)17-9-5-13(6-10-17)14-7-11-18(12-8-14)16(20)4-2/h3-4,13-14H,1-2,5-12H2. The first kappa shape index (κ1) is 14.8. The Kier molecular flexibility index (Phi) is 4.99. The molecule has 2 amide bonds. The van der Waals surface area contributed by atoms with Crippen LogP contribution in [0.2, 0.25) is 0 Å². The van der Waals surface area contributed by atoms with Gasteiger partial charge in [-0.25, -0.2) is 0 Å². The number of carbonyl (C=O) groups excluding carboxylic acids is 2. The predicted octanol–water partition coefficient (Wildman–Crippen LogP) is 1.84. The molecule has 110 valence electrons. The number of carbonyl (C=O) groups is 2. The second kappa shape index (κ2) is 6.73. The number of piperidine rings is 2. The number of hydrogen-bond acceptors (Lipinski definition) is 2. The van der Waals surface area contributed by atoms with Gasteiger partial charge in [0.15, 0.2) is 0 Å². The number of likely N-dealkylation sites (tertiary alicyclic amines) is 2. The molecule has 2 aliphatic heterocycles. The lowest BCUT2D eigenvalue weighted by atomic mass is 9.79. The zero-order valence-electron chi connectivity index (χ0n) is 12.1. The van der Waals surface area contributed by atoms with Crippen LogP contribution in [0.25, 0.3) is 0 Å². The lowest BCUT2D eigenvalue weighted by Gasteiger charge is -2.39. The molecule has 2 aliphatic rings. The Morgan fingerprint density at radius 2 is 1.05 bits per heavy atom. The third-order valence-corrected chi connectivity index (χ3v) is 4.72. The van der Waals surface area contributed by atoms with Gasteiger partial charge in [-0.15, -0.1) is 0 Å². The number of amides is 2. The van der Waals surface area contributed by atoms with E-state index in [4.69, 9.17) is 0 Å². The Morgan fingerprint density at radius 3 is 1.30 bits per heavy atom. The fraction of sp³-hybridized carbons (Fsp3) is 0.625. The van der Waals surface area contributed by atoms with E-state index in [1.54, 1.807) is 0 Å². The molecule has 2 fully saturated rings. The molecule has 4 heteroatoms. The van der Waals surface area contributed by atoms with Crippen LogP contribution in [0.15, 0.2) is 25.3 Å². The summed E-state index contributed by atoms with van der Waals surface area (Å²) >= 11 is 0. The molecule has 0 N–H and O–H groups in total. The van der Waals surface area contributed by atoms with E-state index in [1.165, 1.54) is 12.2 Å². The van der Waals surface area contributed by atoms with Crippen molar-refractivity contribution in [2.45, 2.75) is 25.7 Å². The Labute approximate surface area is 121 Å². The molecular weight excluding hydrogens is 252 g/mol. The van der Waals surface area contributed by atoms with Crippen molar-refractivity contribution in [3.8, 4) is 0 Å². The largest absolute Gasteiger partial charge is 0.339 e. The first-order valence-corrected chi connectivity index (χ1v) is 7.48. The highest BCUT2D eigenvalue weighted by atomic mass is 16.2. The van der Waals surface area contributed by atoms with Crippen molar-refractivity contribution in [1.29, 1.82) is 0 Å². The minimum atomic E-state index is 0.0508. The monoisotopic (exact) mass is 276 g/mol. The number of hydrogen-bond donors (Lipinski definition) is 0. The molecular formula is C16H24N2O2. The van der Waals surface area contributed by atoms with Crippen LogP contribution in [0.1, 0.15) is 25.7 Å². The Hall–Kier alpha value is -1.58. The topological polar surface area (TPSA) is 40.6 Å². The minimum Gasteiger partial charge on any atom is -0.339 e. The van der Waals surface area contributed by atoms with Gasteiger partial charge in [0.2, 0.25) is 11.8 Å². The molecule has 4 nitrogen and oxygen atoms in total. The van der Waals surface area contributed by atoms with Crippen LogP contribution < -0.4 is 0 Å². The predicted molar refractivity (Wildman–Crippen MR) is 79.0 cm³/mol. The summed E-state index contributed by atoms with van der Waals surface area (Å²) in [6.45, 7) is 10.5. The highest BCUT2D eigenvalue weighted by Crippen LogP contribution is 2.32. The molecule has 0 bridgehead atoms. The highest BCUT2D eigenvalue weighted by Gasteiger charge is 2.30. The molecule has 0 atom stereocenters. The van der Waals surface area contributed by atoms with Gasteiger partial charge in [0, 0.05) is 26.2 Å². The van der Waals surface area contributed by atoms with Crippen LogP contribution in [-0.4, -0.2) is 47.8 Å². The summed E-state index contributed by atoms with van der Waals surface area (Å²) in [4.78, 5) is 26.9. The lowest BCUT2D eigenvalue weighted by molar-refractivity contribution is -0.129. The lowest BCUT2D eigenvalue weighted by Crippen LogP contribution is -2.43. The molecule has 0 aliphatic carbocycles. The quantitative estimate of drug-likeness (QED) is 0.738. The maximum absolute atomic E-state index is 11.6. The average Bonchev–Trinajstić information content (AvgIpc) is 2.53. The summed E-state index contributed by atoms with van der Waals surface area (Å²) < 4.78 is 0. The normalized spacial score (nSPS) is 21.6. The zero-order valence-corrected chi connectivity index (χ0v) is 12.1. The summed E-state index contributed by atoms with van der Waals surface area (Å²) in [5.41, 5.74) is 0. The molecule has 0 unspecified atom stereocenters. The molecule has 0 saturated carbocycles. The van der Waals surface area contributed by atoms with Crippen LogP contribution in [0.4, 0.5) is 0 Å². The molecule has 20 heavy (non-hydrogen) atoms. The molecule has 0 aromatic heterocycles. The second-order valence-corrected chi connectivity index (χ2v) is 5.73. The second-order valence-electron chi connectivity index (χ2n) is 5.73. The van der Waals surface area contributed by atoms with Crippen molar-refractivity contribution in [3.63, 3.8) is 0 Å². The third-order valence-electron chi connectivity index (χ3n) is 4.72. The summed E-state index contributed by atoms with van der Waals surface area (Å²) in [7, 11) is 0. The van der Waals surface area contributed by atoms with Gasteiger partial charge >= 0.3 is 0 Å². The molecule has 2 saturated heterocycles. The van der Waals surface area contributed by atoms with Crippen molar-refractivity contribution in [1.82, 2.24) is 9.80 Å². The summed E-state index contributed by atoms with van der Waals surface area (Å²) in [5, 5.41) is 0. The maximum atomic E-state index is 11.6. The first-order valence-electron chi connectivity index (χ1n) is 7.48. The van der Waals surface area contributed by atoms with E-state index in [-0.39, 0.29) is 11.8 Å². The number of rotatable bonds is 3. The van der Waals surface area contributed by atoms with Gasteiger partial charge in [0.25, 0.3) is 0 Å². The van der Waals surface area contributed by atoms with Crippen LogP contribution in [0.3, 0.4) is 0 Å². The Bertz CT molecular complexity index is 351. The van der Waals surface area contributed by atoms with Crippen molar-refractivity contribution in [2.24, 2.45) is 11.8 Å². The van der Waals surface area contributed by atoms with E-state index in [1.807, 2.05) is 9.80 Å². The van der Waals surface area contributed by atoms with E-state index >= 15 is 0 Å². The van der Waals surface area contributed by atoms with Crippen molar-refractivity contribution in [2.75, 3.05) is 26.2 Å². The summed E-state index contributed by atoms with van der Waals surface area (Å²) in [5.74, 6) is 1.50. The SMILES string of the molecule is C=CC(=O)N1CCC(C2CCN(C(=O)C=C)CC2)CC1. The van der Waals surface area contributed by atoms with Crippen LogP contribution in [0.5, 0.6) is 0 Å². The molecule has 0 aromatic rings. The summed E-state index contributed by atoms with van der Waals surface area (Å²) in [6, 6.07) is 0. The average molecular weight is 276 g/mol. The van der Waals surface area contributed by atoms with Gasteiger partial charge in [0.05, 0.1) is 0 Å². The van der Waals surface area contributed by atoms with E-state index < -0.39 is 0 Å². The van der Waals surface area contributed by atoms with Crippen molar-refractivity contribution in [3.05, 3.63) is 25.3 Å². The van der Waals surface area contributed by atoms with Gasteiger partial charge < -0.3 is 9.80 Å². The van der Waals surface area contributed by atoms with Gasteiger partial charge in [0.1, 0.15) is 0 Å². The van der Waals surface area contributed by atoms with Crippen molar-refractivity contribution < 1.29 is 9.59 Å². The van der Waals surface area contributed by atoms with Gasteiger partial charge in [-0.2, -0.15) is 0 Å². The van der Waals surface area contributed by atoms with Crippen LogP contribution >= 0.6 is 0 Å². The molecule has 0 aromatic carbocycles. The molecule has 0 spiro atoms. The van der Waals surface area contributed by atoms with Gasteiger partial charge in [-0.05, 0) is 49.7 Å². The van der Waals surface area contributed by atoms with E-state index in [0.717, 1.165) is 51.9 Å². The van der Waals surface area contributed by atoms with E-state index in [2.05, 4.69) is 13.2 Å². The van der Waals surface area contributed by atoms with Gasteiger partial charge in [-0.3, -0.25) is 9.59 Å². The van der Waals surface area contributed by atoms with E-state index in [9.17, 15) is 9.59 Å². The zero-order chi connectivity index (χ0) is 14.5.